The quantitative estimate of drug-likeness (QED) is 0.827. The Kier molecular flexibility index (Phi) is 4.48. The number of ketones is 1. The van der Waals surface area contributed by atoms with Crippen molar-refractivity contribution in [3.63, 3.8) is 0 Å². The van der Waals surface area contributed by atoms with Crippen molar-refractivity contribution in [2.75, 3.05) is 0 Å². The Morgan fingerprint density at radius 2 is 1.53 bits per heavy atom. The van der Waals surface area contributed by atoms with Crippen molar-refractivity contribution in [3.05, 3.63) is 71.8 Å². The Bertz CT molecular complexity index is 519. The molecule has 0 radical (unpaired) electrons. The third-order valence-electron chi connectivity index (χ3n) is 3.36. The molecular weight excluding hydrogens is 236 g/mol. The molecule has 0 aliphatic rings. The van der Waals surface area contributed by atoms with Crippen LogP contribution in [0.15, 0.2) is 60.7 Å². The van der Waals surface area contributed by atoms with E-state index in [1.807, 2.05) is 55.5 Å². The van der Waals surface area contributed by atoms with Gasteiger partial charge < -0.3 is 5.11 Å². The molecule has 0 saturated heterocycles. The van der Waals surface area contributed by atoms with E-state index in [1.165, 1.54) is 0 Å². The Balaban J connectivity index is 2.23. The molecule has 98 valence electrons. The maximum atomic E-state index is 12.4. The summed E-state index contributed by atoms with van der Waals surface area (Å²) >= 11 is 0. The molecular formula is C17H18O2. The van der Waals surface area contributed by atoms with Crippen molar-refractivity contribution in [1.29, 1.82) is 0 Å². The Labute approximate surface area is 113 Å². The van der Waals surface area contributed by atoms with E-state index in [9.17, 15) is 9.90 Å². The second-order valence-electron chi connectivity index (χ2n) is 4.60. The summed E-state index contributed by atoms with van der Waals surface area (Å²) in [5, 5.41) is 10.4. The minimum Gasteiger partial charge on any atom is -0.388 e. The first kappa shape index (κ1) is 13.5. The van der Waals surface area contributed by atoms with Crippen molar-refractivity contribution in [2.24, 2.45) is 5.92 Å². The second-order valence-corrected chi connectivity index (χ2v) is 4.60. The largest absolute Gasteiger partial charge is 0.388 e. The van der Waals surface area contributed by atoms with Gasteiger partial charge in [-0.3, -0.25) is 4.79 Å². The number of hydrogen-bond acceptors (Lipinski definition) is 2. The van der Waals surface area contributed by atoms with Gasteiger partial charge in [0.15, 0.2) is 5.78 Å². The van der Waals surface area contributed by atoms with E-state index in [0.717, 1.165) is 5.56 Å². The average molecular weight is 254 g/mol. The van der Waals surface area contributed by atoms with E-state index >= 15 is 0 Å². The van der Waals surface area contributed by atoms with Crippen LogP contribution in [-0.2, 0) is 0 Å². The highest BCUT2D eigenvalue weighted by Crippen LogP contribution is 2.27. The predicted molar refractivity (Wildman–Crippen MR) is 76.0 cm³/mol. The van der Waals surface area contributed by atoms with Crippen LogP contribution in [0.2, 0.25) is 0 Å². The van der Waals surface area contributed by atoms with Gasteiger partial charge in [-0.25, -0.2) is 0 Å². The highest BCUT2D eigenvalue weighted by molar-refractivity contribution is 5.98. The summed E-state index contributed by atoms with van der Waals surface area (Å²) in [7, 11) is 0. The lowest BCUT2D eigenvalue weighted by Crippen LogP contribution is -2.22. The van der Waals surface area contributed by atoms with E-state index in [4.69, 9.17) is 0 Å². The summed E-state index contributed by atoms with van der Waals surface area (Å²) in [6, 6.07) is 18.5. The minimum absolute atomic E-state index is 0.000506. The molecule has 19 heavy (non-hydrogen) atoms. The zero-order valence-electron chi connectivity index (χ0n) is 11.0. The van der Waals surface area contributed by atoms with E-state index in [-0.39, 0.29) is 5.78 Å². The molecule has 1 N–H and O–H groups in total. The first-order chi connectivity index (χ1) is 9.24. The van der Waals surface area contributed by atoms with Crippen LogP contribution in [0.4, 0.5) is 0 Å². The first-order valence-electron chi connectivity index (χ1n) is 6.56. The molecule has 2 atom stereocenters. The van der Waals surface area contributed by atoms with Crippen LogP contribution >= 0.6 is 0 Å². The highest BCUT2D eigenvalue weighted by Gasteiger charge is 2.26. The molecule has 0 aromatic heterocycles. The van der Waals surface area contributed by atoms with Gasteiger partial charge in [0.1, 0.15) is 0 Å². The normalized spacial score (nSPS) is 13.8. The lowest BCUT2D eigenvalue weighted by Gasteiger charge is -2.20. The SMILES string of the molecule is CC[C@@H](C(=O)c1ccccc1)[C@H](O)c1ccccc1. The zero-order valence-corrected chi connectivity index (χ0v) is 11.0. The highest BCUT2D eigenvalue weighted by atomic mass is 16.3. The molecule has 0 saturated carbocycles. The number of aliphatic hydroxyl groups excluding tert-OH is 1. The molecule has 0 aliphatic heterocycles. The smallest absolute Gasteiger partial charge is 0.168 e. The van der Waals surface area contributed by atoms with Crippen molar-refractivity contribution >= 4 is 5.78 Å². The lowest BCUT2D eigenvalue weighted by atomic mass is 9.87. The fourth-order valence-electron chi connectivity index (χ4n) is 2.25. The number of hydrogen-bond donors (Lipinski definition) is 1. The summed E-state index contributed by atoms with van der Waals surface area (Å²) < 4.78 is 0. The molecule has 0 fully saturated rings. The van der Waals surface area contributed by atoms with Gasteiger partial charge in [0.2, 0.25) is 0 Å². The van der Waals surface area contributed by atoms with Gasteiger partial charge in [-0.2, -0.15) is 0 Å². The van der Waals surface area contributed by atoms with E-state index in [1.54, 1.807) is 12.1 Å². The van der Waals surface area contributed by atoms with Gasteiger partial charge in [0.05, 0.1) is 12.0 Å². The zero-order chi connectivity index (χ0) is 13.7. The molecule has 0 bridgehead atoms. The number of benzene rings is 2. The number of Topliss-reactive ketones (excluding diaryl/α,β-unsaturated/α-hetero) is 1. The van der Waals surface area contributed by atoms with Gasteiger partial charge in [-0.15, -0.1) is 0 Å². The molecule has 2 aromatic carbocycles. The molecule has 0 aliphatic carbocycles. The fourth-order valence-corrected chi connectivity index (χ4v) is 2.25. The maximum absolute atomic E-state index is 12.4. The van der Waals surface area contributed by atoms with Crippen LogP contribution in [0, 0.1) is 5.92 Å². The molecule has 0 heterocycles. The van der Waals surface area contributed by atoms with Gasteiger partial charge in [0, 0.05) is 5.56 Å². The maximum Gasteiger partial charge on any atom is 0.168 e. The monoisotopic (exact) mass is 254 g/mol. The van der Waals surface area contributed by atoms with E-state index in [0.29, 0.717) is 12.0 Å². The van der Waals surface area contributed by atoms with Crippen molar-refractivity contribution in [1.82, 2.24) is 0 Å². The molecule has 0 spiro atoms. The lowest BCUT2D eigenvalue weighted by molar-refractivity contribution is 0.0667. The van der Waals surface area contributed by atoms with Gasteiger partial charge in [-0.05, 0) is 12.0 Å². The molecule has 0 amide bonds. The summed E-state index contributed by atoms with van der Waals surface area (Å²) in [5.41, 5.74) is 1.45. The van der Waals surface area contributed by atoms with Crippen molar-refractivity contribution in [3.8, 4) is 0 Å². The van der Waals surface area contributed by atoms with E-state index in [2.05, 4.69) is 0 Å². The van der Waals surface area contributed by atoms with Gasteiger partial charge in [-0.1, -0.05) is 67.6 Å². The molecule has 0 unspecified atom stereocenters. The molecule has 2 nitrogen and oxygen atoms in total. The van der Waals surface area contributed by atoms with Crippen LogP contribution in [0.5, 0.6) is 0 Å². The first-order valence-corrected chi connectivity index (χ1v) is 6.56. The number of rotatable bonds is 5. The third-order valence-corrected chi connectivity index (χ3v) is 3.36. The van der Waals surface area contributed by atoms with Crippen LogP contribution in [0.25, 0.3) is 0 Å². The molecule has 2 aromatic rings. The van der Waals surface area contributed by atoms with Crippen LogP contribution in [0.1, 0.15) is 35.4 Å². The Hall–Kier alpha value is -1.93. The van der Waals surface area contributed by atoms with Gasteiger partial charge in [0.25, 0.3) is 0 Å². The Morgan fingerprint density at radius 1 is 1.00 bits per heavy atom. The van der Waals surface area contributed by atoms with Gasteiger partial charge >= 0.3 is 0 Å². The predicted octanol–water partition coefficient (Wildman–Crippen LogP) is 3.63. The van der Waals surface area contributed by atoms with Crippen molar-refractivity contribution < 1.29 is 9.90 Å². The topological polar surface area (TPSA) is 37.3 Å². The number of aliphatic hydroxyl groups is 1. The summed E-state index contributed by atoms with van der Waals surface area (Å²) in [6.07, 6.45) is -0.136. The minimum atomic E-state index is -0.751. The van der Waals surface area contributed by atoms with Crippen LogP contribution < -0.4 is 0 Å². The summed E-state index contributed by atoms with van der Waals surface area (Å²) in [6.45, 7) is 1.93. The van der Waals surface area contributed by atoms with Crippen LogP contribution in [0.3, 0.4) is 0 Å². The molecule has 2 heteroatoms. The summed E-state index contributed by atoms with van der Waals surface area (Å²) in [4.78, 5) is 12.4. The van der Waals surface area contributed by atoms with Crippen LogP contribution in [-0.4, -0.2) is 10.9 Å². The number of carbonyl (C=O) groups is 1. The number of carbonyl (C=O) groups excluding carboxylic acids is 1. The average Bonchev–Trinajstić information content (AvgIpc) is 2.49. The third kappa shape index (κ3) is 3.09. The summed E-state index contributed by atoms with van der Waals surface area (Å²) in [5.74, 6) is -0.399. The second kappa shape index (κ2) is 6.30. The van der Waals surface area contributed by atoms with E-state index < -0.39 is 12.0 Å². The fraction of sp³-hybridized carbons (Fsp3) is 0.235. The standard InChI is InChI=1S/C17H18O2/c1-2-15(16(18)13-9-5-3-6-10-13)17(19)14-11-7-4-8-12-14/h3-12,15-16,18H,2H2,1H3/t15-,16-/m1/s1. The Morgan fingerprint density at radius 3 is 2.05 bits per heavy atom. The van der Waals surface area contributed by atoms with Crippen molar-refractivity contribution in [2.45, 2.75) is 19.4 Å². The molecule has 2 rings (SSSR count).